The average molecular weight is 458 g/mol. The monoisotopic (exact) mass is 457 g/mol. The molecule has 180 valence electrons. The fourth-order valence-electron chi connectivity index (χ4n) is 4.52. The number of ether oxygens (including phenoxy) is 1. The molecule has 2 fully saturated rings. The molecule has 4 rings (SSSR count). The van der Waals surface area contributed by atoms with Crippen LogP contribution in [0, 0.1) is 5.82 Å². The predicted molar refractivity (Wildman–Crippen MR) is 130 cm³/mol. The number of nitrogens with one attached hydrogen (secondary N) is 4. The highest BCUT2D eigenvalue weighted by Crippen LogP contribution is 2.22. The first-order valence-electron chi connectivity index (χ1n) is 12.3. The van der Waals surface area contributed by atoms with Crippen LogP contribution in [0.1, 0.15) is 56.9 Å². The molecular formula is C24H36FN7O. The van der Waals surface area contributed by atoms with E-state index in [1.165, 1.54) is 38.9 Å². The van der Waals surface area contributed by atoms with Gasteiger partial charge in [0, 0.05) is 18.6 Å². The van der Waals surface area contributed by atoms with Crippen molar-refractivity contribution in [2.45, 2.75) is 69.9 Å². The molecule has 1 aromatic carbocycles. The van der Waals surface area contributed by atoms with E-state index in [1.807, 2.05) is 6.07 Å². The van der Waals surface area contributed by atoms with Gasteiger partial charge >= 0.3 is 0 Å². The van der Waals surface area contributed by atoms with Crippen molar-refractivity contribution in [2.24, 2.45) is 0 Å². The molecule has 0 unspecified atom stereocenters. The molecule has 0 radical (unpaired) electrons. The van der Waals surface area contributed by atoms with Crippen LogP contribution in [0.3, 0.4) is 0 Å². The van der Waals surface area contributed by atoms with Crippen molar-refractivity contribution in [2.75, 3.05) is 42.7 Å². The molecular weight excluding hydrogens is 421 g/mol. The Morgan fingerprint density at radius 3 is 2.18 bits per heavy atom. The van der Waals surface area contributed by atoms with Crippen molar-refractivity contribution in [3.05, 3.63) is 29.6 Å². The maximum atomic E-state index is 14.0. The van der Waals surface area contributed by atoms with Gasteiger partial charge in [-0.25, -0.2) is 4.39 Å². The second kappa shape index (κ2) is 12.0. The summed E-state index contributed by atoms with van der Waals surface area (Å²) >= 11 is 0. The fourth-order valence-corrected chi connectivity index (χ4v) is 4.52. The lowest BCUT2D eigenvalue weighted by atomic mass is 10.1. The molecule has 33 heavy (non-hydrogen) atoms. The third kappa shape index (κ3) is 7.15. The maximum Gasteiger partial charge on any atom is 0.229 e. The molecule has 2 aliphatic rings. The lowest BCUT2D eigenvalue weighted by Gasteiger charge is -2.24. The van der Waals surface area contributed by atoms with Crippen LogP contribution in [0.25, 0.3) is 0 Å². The Hall–Kier alpha value is -2.68. The van der Waals surface area contributed by atoms with Crippen molar-refractivity contribution in [1.82, 2.24) is 20.3 Å². The van der Waals surface area contributed by atoms with E-state index in [4.69, 9.17) is 4.74 Å². The van der Waals surface area contributed by atoms with Crippen molar-refractivity contribution >= 4 is 17.8 Å². The zero-order chi connectivity index (χ0) is 22.9. The third-order valence-electron chi connectivity index (χ3n) is 6.41. The van der Waals surface area contributed by atoms with Gasteiger partial charge < -0.3 is 26.0 Å². The Morgan fingerprint density at radius 1 is 0.909 bits per heavy atom. The van der Waals surface area contributed by atoms with E-state index in [1.54, 1.807) is 6.07 Å². The lowest BCUT2D eigenvalue weighted by Crippen LogP contribution is -2.36. The average Bonchev–Trinajstić information content (AvgIpc) is 3.08. The van der Waals surface area contributed by atoms with Gasteiger partial charge in [0.1, 0.15) is 0 Å². The summed E-state index contributed by atoms with van der Waals surface area (Å²) in [6.45, 7) is 2.59. The number of nitrogens with zero attached hydrogens (tertiary/aromatic N) is 3. The summed E-state index contributed by atoms with van der Waals surface area (Å²) < 4.78 is 19.0. The van der Waals surface area contributed by atoms with Gasteiger partial charge in [-0.15, -0.1) is 0 Å². The van der Waals surface area contributed by atoms with Gasteiger partial charge in [-0.1, -0.05) is 31.7 Å². The van der Waals surface area contributed by atoms with Crippen LogP contribution < -0.4 is 26.0 Å². The first-order valence-corrected chi connectivity index (χ1v) is 12.3. The summed E-state index contributed by atoms with van der Waals surface area (Å²) in [5.41, 5.74) is 0.889. The molecule has 2 aromatic rings. The van der Waals surface area contributed by atoms with Crippen molar-refractivity contribution in [1.29, 1.82) is 0 Å². The number of hydrogen-bond acceptors (Lipinski definition) is 8. The van der Waals surface area contributed by atoms with Crippen molar-refractivity contribution in [3.8, 4) is 5.75 Å². The number of benzene rings is 1. The Kier molecular flexibility index (Phi) is 8.52. The number of piperidine rings is 1. The smallest absolute Gasteiger partial charge is 0.229 e. The summed E-state index contributed by atoms with van der Waals surface area (Å²) in [5, 5.41) is 13.7. The highest BCUT2D eigenvalue weighted by Gasteiger charge is 2.18. The van der Waals surface area contributed by atoms with E-state index in [2.05, 4.69) is 36.2 Å². The molecule has 1 aliphatic heterocycles. The molecule has 0 bridgehead atoms. The van der Waals surface area contributed by atoms with E-state index in [0.29, 0.717) is 42.9 Å². The highest BCUT2D eigenvalue weighted by atomic mass is 19.1. The van der Waals surface area contributed by atoms with E-state index >= 15 is 0 Å². The van der Waals surface area contributed by atoms with Crippen LogP contribution in [0.2, 0.25) is 0 Å². The van der Waals surface area contributed by atoms with Crippen molar-refractivity contribution in [3.63, 3.8) is 0 Å². The third-order valence-corrected chi connectivity index (χ3v) is 6.41. The molecule has 0 spiro atoms. The van der Waals surface area contributed by atoms with Gasteiger partial charge in [0.25, 0.3) is 0 Å². The number of methoxy groups -OCH3 is 1. The van der Waals surface area contributed by atoms with Crippen molar-refractivity contribution < 1.29 is 9.13 Å². The van der Waals surface area contributed by atoms with Gasteiger partial charge in [-0.2, -0.15) is 15.0 Å². The van der Waals surface area contributed by atoms with Gasteiger partial charge in [-0.3, -0.25) is 0 Å². The zero-order valence-corrected chi connectivity index (χ0v) is 19.5. The van der Waals surface area contributed by atoms with Gasteiger partial charge in [0.2, 0.25) is 17.8 Å². The molecule has 4 N–H and O–H groups in total. The Morgan fingerprint density at radius 2 is 1.55 bits per heavy atom. The minimum absolute atomic E-state index is 0.257. The summed E-state index contributed by atoms with van der Waals surface area (Å²) in [6.07, 6.45) is 10.1. The second-order valence-electron chi connectivity index (χ2n) is 8.95. The Balaban J connectivity index is 1.42. The number of aromatic nitrogens is 3. The first kappa shape index (κ1) is 23.5. The maximum absolute atomic E-state index is 14.0. The minimum atomic E-state index is -0.349. The molecule has 9 heteroatoms. The molecule has 8 nitrogen and oxygen atoms in total. The molecule has 1 aliphatic carbocycles. The van der Waals surface area contributed by atoms with Crippen LogP contribution in [0.15, 0.2) is 18.2 Å². The number of anilines is 3. The van der Waals surface area contributed by atoms with E-state index in [-0.39, 0.29) is 11.6 Å². The molecule has 1 saturated carbocycles. The van der Waals surface area contributed by atoms with E-state index < -0.39 is 0 Å². The molecule has 0 amide bonds. The number of rotatable bonds is 9. The van der Waals surface area contributed by atoms with Crippen LogP contribution in [0.4, 0.5) is 22.2 Å². The largest absolute Gasteiger partial charge is 0.494 e. The molecule has 0 atom stereocenters. The fraction of sp³-hybridized carbons (Fsp3) is 0.625. The van der Waals surface area contributed by atoms with E-state index in [0.717, 1.165) is 44.3 Å². The Labute approximate surface area is 195 Å². The van der Waals surface area contributed by atoms with E-state index in [9.17, 15) is 4.39 Å². The van der Waals surface area contributed by atoms with Crippen LogP contribution >= 0.6 is 0 Å². The lowest BCUT2D eigenvalue weighted by molar-refractivity contribution is 0.386. The topological polar surface area (TPSA) is 96.0 Å². The predicted octanol–water partition coefficient (Wildman–Crippen LogP) is 3.97. The SMILES string of the molecule is COc1ccc(CCNc2nc(NC3CCCCCC3)nc(NC3CCNCC3)n2)cc1F. The standard InChI is InChI=1S/C24H36FN7O/c1-33-21-9-8-17(16-20(21)25)10-15-27-22-30-23(28-18-6-4-2-3-5-7-18)32-24(31-22)29-19-11-13-26-14-12-19/h8-9,16,18-19,26H,2-7,10-15H2,1H3,(H3,27,28,29,30,31,32). The zero-order valence-electron chi connectivity index (χ0n) is 19.5. The van der Waals surface area contributed by atoms with Crippen LogP contribution in [0.5, 0.6) is 5.75 Å². The summed E-state index contributed by atoms with van der Waals surface area (Å²) in [4.78, 5) is 13.9. The molecule has 1 aromatic heterocycles. The number of halogens is 1. The highest BCUT2D eigenvalue weighted by molar-refractivity contribution is 5.43. The Bertz CT molecular complexity index is 883. The molecule has 2 heterocycles. The first-order chi connectivity index (χ1) is 16.2. The van der Waals surface area contributed by atoms with Gasteiger partial charge in [0.05, 0.1) is 7.11 Å². The quantitative estimate of drug-likeness (QED) is 0.420. The molecule has 1 saturated heterocycles. The minimum Gasteiger partial charge on any atom is -0.494 e. The summed E-state index contributed by atoms with van der Waals surface area (Å²) in [6, 6.07) is 5.80. The van der Waals surface area contributed by atoms with Crippen LogP contribution in [-0.4, -0.2) is 53.8 Å². The van der Waals surface area contributed by atoms with Crippen LogP contribution in [-0.2, 0) is 6.42 Å². The summed E-state index contributed by atoms with van der Waals surface area (Å²) in [5.74, 6) is 1.66. The normalized spacial score (nSPS) is 17.9. The van der Waals surface area contributed by atoms with Gasteiger partial charge in [0.15, 0.2) is 11.6 Å². The summed E-state index contributed by atoms with van der Waals surface area (Å²) in [7, 11) is 1.47. The number of hydrogen-bond donors (Lipinski definition) is 4. The van der Waals surface area contributed by atoms with Gasteiger partial charge in [-0.05, 0) is 62.9 Å². The second-order valence-corrected chi connectivity index (χ2v) is 8.95.